The van der Waals surface area contributed by atoms with E-state index in [-0.39, 0.29) is 5.69 Å². The van der Waals surface area contributed by atoms with Gasteiger partial charge in [-0.3, -0.25) is 4.79 Å². The molecule has 0 saturated heterocycles. The second-order valence-corrected chi connectivity index (χ2v) is 2.04. The summed E-state index contributed by atoms with van der Waals surface area (Å²) < 4.78 is 12.6. The van der Waals surface area contributed by atoms with Crippen LogP contribution in [-0.4, -0.2) is 5.11 Å². The Morgan fingerprint density at radius 3 is 2.73 bits per heavy atom. The van der Waals surface area contributed by atoms with Gasteiger partial charge in [0, 0.05) is 11.8 Å². The van der Waals surface area contributed by atoms with Crippen LogP contribution in [0, 0.1) is 5.82 Å². The third-order valence-electron chi connectivity index (χ3n) is 1.18. The molecule has 0 fully saturated rings. The zero-order valence-electron chi connectivity index (χ0n) is 5.54. The first-order valence-electron chi connectivity index (χ1n) is 2.89. The van der Waals surface area contributed by atoms with Crippen molar-refractivity contribution in [2.75, 3.05) is 5.73 Å². The van der Waals surface area contributed by atoms with E-state index < -0.39 is 17.0 Å². The first-order valence-corrected chi connectivity index (χ1v) is 2.89. The number of rotatable bonds is 0. The molecule has 1 aromatic rings. The minimum Gasteiger partial charge on any atom is -0.502 e. The number of halogens is 1. The largest absolute Gasteiger partial charge is 0.502 e. The van der Waals surface area contributed by atoms with Crippen molar-refractivity contribution < 1.29 is 9.50 Å². The Balaban J connectivity index is 3.56. The lowest BCUT2D eigenvalue weighted by Crippen LogP contribution is -1.94. The van der Waals surface area contributed by atoms with Crippen molar-refractivity contribution in [2.24, 2.45) is 0 Å². The fourth-order valence-electron chi connectivity index (χ4n) is 0.631. The van der Waals surface area contributed by atoms with Crippen LogP contribution in [0.2, 0.25) is 0 Å². The van der Waals surface area contributed by atoms with Gasteiger partial charge in [0.05, 0.1) is 0 Å². The summed E-state index contributed by atoms with van der Waals surface area (Å²) in [4.78, 5) is 10.6. The maximum absolute atomic E-state index is 12.6. The topological polar surface area (TPSA) is 63.3 Å². The van der Waals surface area contributed by atoms with Crippen LogP contribution in [0.25, 0.3) is 0 Å². The molecule has 0 aliphatic rings. The van der Waals surface area contributed by atoms with Gasteiger partial charge in [-0.1, -0.05) is 0 Å². The first-order chi connectivity index (χ1) is 5.11. The van der Waals surface area contributed by atoms with Crippen LogP contribution >= 0.6 is 0 Å². The standard InChI is InChI=1S/C7H6FNO2/c8-5-3-4(9)1-2-6(10)7(5)11/h1-3H,9H2,(H,10,11). The number of hydrogen-bond donors (Lipinski definition) is 2. The highest BCUT2D eigenvalue weighted by molar-refractivity contribution is 5.39. The van der Waals surface area contributed by atoms with Gasteiger partial charge in [-0.15, -0.1) is 0 Å². The molecule has 0 atom stereocenters. The second kappa shape index (κ2) is 2.57. The highest BCUT2D eigenvalue weighted by Gasteiger charge is 2.01. The summed E-state index contributed by atoms with van der Waals surface area (Å²) in [5, 5.41) is 8.75. The summed E-state index contributed by atoms with van der Waals surface area (Å²) in [7, 11) is 0. The lowest BCUT2D eigenvalue weighted by atomic mass is 10.4. The van der Waals surface area contributed by atoms with Crippen LogP contribution in [0.15, 0.2) is 23.0 Å². The molecule has 0 spiro atoms. The molecule has 4 heteroatoms. The van der Waals surface area contributed by atoms with E-state index in [1.54, 1.807) is 0 Å². The van der Waals surface area contributed by atoms with Gasteiger partial charge in [-0.2, -0.15) is 0 Å². The molecule has 1 rings (SSSR count). The monoisotopic (exact) mass is 155 g/mol. The van der Waals surface area contributed by atoms with Gasteiger partial charge in [0.25, 0.3) is 0 Å². The molecule has 0 aromatic heterocycles. The Morgan fingerprint density at radius 2 is 2.09 bits per heavy atom. The predicted octanol–water partition coefficient (Wildman–Crippen LogP) is 0.474. The highest BCUT2D eigenvalue weighted by Crippen LogP contribution is 2.09. The lowest BCUT2D eigenvalue weighted by molar-refractivity contribution is 0.429. The summed E-state index contributed by atoms with van der Waals surface area (Å²) in [6, 6.07) is 3.12. The van der Waals surface area contributed by atoms with Gasteiger partial charge in [0.15, 0.2) is 11.6 Å². The molecule has 0 bridgehead atoms. The van der Waals surface area contributed by atoms with Crippen LogP contribution in [-0.2, 0) is 0 Å². The van der Waals surface area contributed by atoms with E-state index in [1.165, 1.54) is 6.07 Å². The molecule has 58 valence electrons. The second-order valence-electron chi connectivity index (χ2n) is 2.04. The summed E-state index contributed by atoms with van der Waals surface area (Å²) in [5.41, 5.74) is 4.50. The average Bonchev–Trinajstić information content (AvgIpc) is 2.05. The number of nitrogen functional groups attached to an aromatic ring is 1. The molecule has 0 aliphatic carbocycles. The van der Waals surface area contributed by atoms with Crippen molar-refractivity contribution in [3.8, 4) is 5.75 Å². The van der Waals surface area contributed by atoms with Crippen LogP contribution < -0.4 is 11.2 Å². The fourth-order valence-corrected chi connectivity index (χ4v) is 0.631. The van der Waals surface area contributed by atoms with Crippen LogP contribution in [0.3, 0.4) is 0 Å². The molecule has 0 radical (unpaired) electrons. The van der Waals surface area contributed by atoms with Gasteiger partial charge >= 0.3 is 0 Å². The number of anilines is 1. The Hall–Kier alpha value is -1.58. The van der Waals surface area contributed by atoms with Crippen molar-refractivity contribution in [3.05, 3.63) is 34.2 Å². The maximum atomic E-state index is 12.6. The Labute approximate surface area is 61.9 Å². The molecular weight excluding hydrogens is 149 g/mol. The maximum Gasteiger partial charge on any atom is 0.223 e. The smallest absolute Gasteiger partial charge is 0.223 e. The van der Waals surface area contributed by atoms with E-state index >= 15 is 0 Å². The summed E-state index contributed by atoms with van der Waals surface area (Å²) in [6.07, 6.45) is 0. The summed E-state index contributed by atoms with van der Waals surface area (Å²) in [6.45, 7) is 0. The minimum atomic E-state index is -1.00. The van der Waals surface area contributed by atoms with Crippen LogP contribution in [0.4, 0.5) is 10.1 Å². The normalized spacial score (nSPS) is 9.55. The molecule has 0 amide bonds. The van der Waals surface area contributed by atoms with Gasteiger partial charge in [0.1, 0.15) is 0 Å². The number of hydrogen-bond acceptors (Lipinski definition) is 3. The molecule has 11 heavy (non-hydrogen) atoms. The Bertz CT molecular complexity index is 338. The van der Waals surface area contributed by atoms with Crippen molar-refractivity contribution in [1.29, 1.82) is 0 Å². The molecule has 3 nitrogen and oxygen atoms in total. The average molecular weight is 155 g/mol. The highest BCUT2D eigenvalue weighted by atomic mass is 19.1. The quantitative estimate of drug-likeness (QED) is 0.572. The first kappa shape index (κ1) is 7.53. The minimum absolute atomic E-state index is 0.0971. The van der Waals surface area contributed by atoms with Crippen molar-refractivity contribution >= 4 is 5.69 Å². The van der Waals surface area contributed by atoms with Crippen molar-refractivity contribution in [3.63, 3.8) is 0 Å². The zero-order valence-corrected chi connectivity index (χ0v) is 5.54. The predicted molar refractivity (Wildman–Crippen MR) is 38.7 cm³/mol. The SMILES string of the molecule is Nc1ccc(=O)c(O)c(F)c1. The van der Waals surface area contributed by atoms with E-state index in [4.69, 9.17) is 10.8 Å². The van der Waals surface area contributed by atoms with E-state index in [0.29, 0.717) is 0 Å². The molecule has 0 heterocycles. The van der Waals surface area contributed by atoms with Gasteiger partial charge < -0.3 is 10.8 Å². The summed E-state index contributed by atoms with van der Waals surface area (Å²) >= 11 is 0. The third kappa shape index (κ3) is 1.46. The van der Waals surface area contributed by atoms with Crippen molar-refractivity contribution in [2.45, 2.75) is 0 Å². The molecule has 3 N–H and O–H groups in total. The van der Waals surface area contributed by atoms with Crippen molar-refractivity contribution in [1.82, 2.24) is 0 Å². The third-order valence-corrected chi connectivity index (χ3v) is 1.18. The van der Waals surface area contributed by atoms with E-state index in [2.05, 4.69) is 0 Å². The molecule has 0 unspecified atom stereocenters. The zero-order chi connectivity index (χ0) is 8.43. The van der Waals surface area contributed by atoms with E-state index in [1.807, 2.05) is 0 Å². The van der Waals surface area contributed by atoms with Crippen LogP contribution in [0.5, 0.6) is 5.75 Å². The van der Waals surface area contributed by atoms with Gasteiger partial charge in [0.2, 0.25) is 5.43 Å². The summed E-state index contributed by atoms with van der Waals surface area (Å²) in [5.74, 6) is -1.90. The van der Waals surface area contributed by atoms with Crippen LogP contribution in [0.1, 0.15) is 0 Å². The Kier molecular flexibility index (Phi) is 1.76. The lowest BCUT2D eigenvalue weighted by Gasteiger charge is -1.84. The molecular formula is C7H6FNO2. The number of nitrogens with two attached hydrogens (primary N) is 1. The van der Waals surface area contributed by atoms with Gasteiger partial charge in [-0.05, 0) is 12.1 Å². The van der Waals surface area contributed by atoms with E-state index in [9.17, 15) is 9.18 Å². The van der Waals surface area contributed by atoms with Gasteiger partial charge in [-0.25, -0.2) is 4.39 Å². The molecule has 0 aliphatic heterocycles. The number of aromatic hydroxyl groups is 1. The Morgan fingerprint density at radius 1 is 1.45 bits per heavy atom. The van der Waals surface area contributed by atoms with E-state index in [0.717, 1.165) is 12.1 Å². The molecule has 0 saturated carbocycles. The fraction of sp³-hybridized carbons (Fsp3) is 0. The molecule has 1 aromatic carbocycles.